The highest BCUT2D eigenvalue weighted by molar-refractivity contribution is 7.25. The molecule has 2 heterocycles. The minimum atomic E-state index is 0.820. The molecule has 1 aliphatic rings. The maximum Gasteiger partial charge on any atom is 0.0493 e. The zero-order valence-electron chi connectivity index (χ0n) is 31.8. The summed E-state index contributed by atoms with van der Waals surface area (Å²) in [5, 5.41) is 2.66. The van der Waals surface area contributed by atoms with Crippen molar-refractivity contribution in [3.05, 3.63) is 224 Å². The quantitative estimate of drug-likeness (QED) is 0.160. The van der Waals surface area contributed by atoms with Crippen LogP contribution in [-0.2, 0) is 6.54 Å². The summed E-state index contributed by atoms with van der Waals surface area (Å²) in [5.41, 5.74) is 16.9. The third-order valence-electron chi connectivity index (χ3n) is 11.5. The highest BCUT2D eigenvalue weighted by atomic mass is 32.1. The molecule has 11 rings (SSSR count). The molecule has 1 aromatic heterocycles. The van der Waals surface area contributed by atoms with E-state index in [9.17, 15) is 0 Å². The SMILES string of the molecule is c1ccc(-c2ccc(N(c3ccc(-c4ccccc4)cc3)c3ccc(-c4ccc5c(c4)-c4ccccc4N(c4ccc6sc7ccccc7c6c4)C5)cc3)cc2)cc1. The molecule has 0 aliphatic carbocycles. The molecule has 0 amide bonds. The maximum absolute atomic E-state index is 2.48. The number of para-hydroxylation sites is 1. The molecule has 3 heteroatoms. The van der Waals surface area contributed by atoms with Gasteiger partial charge in [0.2, 0.25) is 0 Å². The highest BCUT2D eigenvalue weighted by Crippen LogP contribution is 2.46. The van der Waals surface area contributed by atoms with Gasteiger partial charge in [0.05, 0.1) is 0 Å². The first-order valence-corrected chi connectivity index (χ1v) is 20.7. The first-order chi connectivity index (χ1) is 28.7. The Kier molecular flexibility index (Phi) is 8.45. The normalized spacial score (nSPS) is 12.0. The van der Waals surface area contributed by atoms with Crippen LogP contribution in [0.15, 0.2) is 218 Å². The molecule has 2 nitrogen and oxygen atoms in total. The fourth-order valence-electron chi connectivity index (χ4n) is 8.57. The van der Waals surface area contributed by atoms with E-state index in [1.54, 1.807) is 0 Å². The lowest BCUT2D eigenvalue weighted by Gasteiger charge is -2.33. The van der Waals surface area contributed by atoms with Crippen LogP contribution in [0, 0.1) is 0 Å². The number of fused-ring (bicyclic) bond motifs is 6. The van der Waals surface area contributed by atoms with E-state index in [1.807, 2.05) is 11.3 Å². The Labute approximate surface area is 343 Å². The summed E-state index contributed by atoms with van der Waals surface area (Å²) in [6, 6.07) is 79.6. The average molecular weight is 759 g/mol. The van der Waals surface area contributed by atoms with Gasteiger partial charge in [-0.3, -0.25) is 0 Å². The Bertz CT molecular complexity index is 2980. The van der Waals surface area contributed by atoms with Gasteiger partial charge in [-0.1, -0.05) is 146 Å². The summed E-state index contributed by atoms with van der Waals surface area (Å²) < 4.78 is 2.67. The number of anilines is 5. The highest BCUT2D eigenvalue weighted by Gasteiger charge is 2.24. The molecule has 274 valence electrons. The smallest absolute Gasteiger partial charge is 0.0493 e. The summed E-state index contributed by atoms with van der Waals surface area (Å²) in [7, 11) is 0. The van der Waals surface area contributed by atoms with Crippen molar-refractivity contribution in [3.63, 3.8) is 0 Å². The monoisotopic (exact) mass is 758 g/mol. The number of thiophene rings is 1. The van der Waals surface area contributed by atoms with E-state index in [-0.39, 0.29) is 0 Å². The Balaban J connectivity index is 0.927. The third kappa shape index (κ3) is 6.14. The van der Waals surface area contributed by atoms with Crippen molar-refractivity contribution < 1.29 is 0 Å². The Morgan fingerprint density at radius 1 is 0.362 bits per heavy atom. The van der Waals surface area contributed by atoms with Crippen LogP contribution in [0.4, 0.5) is 28.4 Å². The topological polar surface area (TPSA) is 6.48 Å². The second-order valence-corrected chi connectivity index (χ2v) is 16.0. The van der Waals surface area contributed by atoms with Gasteiger partial charge in [-0.2, -0.15) is 0 Å². The average Bonchev–Trinajstić information content (AvgIpc) is 3.68. The van der Waals surface area contributed by atoms with Crippen LogP contribution < -0.4 is 9.80 Å². The summed E-state index contributed by atoms with van der Waals surface area (Å²) in [4.78, 5) is 4.83. The molecule has 0 unspecified atom stereocenters. The predicted molar refractivity (Wildman–Crippen MR) is 248 cm³/mol. The molecule has 0 saturated heterocycles. The van der Waals surface area contributed by atoms with Gasteiger partial charge in [0.1, 0.15) is 0 Å². The molecule has 58 heavy (non-hydrogen) atoms. The number of hydrogen-bond donors (Lipinski definition) is 0. The molecule has 0 fully saturated rings. The molecule has 1 aliphatic heterocycles. The van der Waals surface area contributed by atoms with E-state index in [1.165, 1.54) is 81.6 Å². The fraction of sp³-hybridized carbons (Fsp3) is 0.0182. The summed E-state index contributed by atoms with van der Waals surface area (Å²) in [6.45, 7) is 0.820. The van der Waals surface area contributed by atoms with E-state index in [0.29, 0.717) is 0 Å². The summed E-state index contributed by atoms with van der Waals surface area (Å²) >= 11 is 1.87. The minimum absolute atomic E-state index is 0.820. The Morgan fingerprint density at radius 2 is 0.862 bits per heavy atom. The van der Waals surface area contributed by atoms with Crippen LogP contribution in [0.25, 0.3) is 64.7 Å². The van der Waals surface area contributed by atoms with E-state index < -0.39 is 0 Å². The second-order valence-electron chi connectivity index (χ2n) is 15.0. The van der Waals surface area contributed by atoms with Crippen LogP contribution in [0.1, 0.15) is 5.56 Å². The maximum atomic E-state index is 2.48. The van der Waals surface area contributed by atoms with Crippen molar-refractivity contribution in [2.24, 2.45) is 0 Å². The largest absolute Gasteiger partial charge is 0.336 e. The van der Waals surface area contributed by atoms with Gasteiger partial charge < -0.3 is 9.80 Å². The summed E-state index contributed by atoms with van der Waals surface area (Å²) in [5.74, 6) is 0. The van der Waals surface area contributed by atoms with Gasteiger partial charge in [-0.05, 0) is 117 Å². The van der Waals surface area contributed by atoms with E-state index in [2.05, 4.69) is 228 Å². The molecule has 0 spiro atoms. The molecule has 0 N–H and O–H groups in total. The van der Waals surface area contributed by atoms with Crippen LogP contribution in [-0.4, -0.2) is 0 Å². The van der Waals surface area contributed by atoms with Crippen molar-refractivity contribution in [1.82, 2.24) is 0 Å². The molecular weight excluding hydrogens is 721 g/mol. The molecule has 9 aromatic carbocycles. The van der Waals surface area contributed by atoms with E-state index >= 15 is 0 Å². The zero-order valence-corrected chi connectivity index (χ0v) is 32.6. The van der Waals surface area contributed by atoms with Crippen LogP contribution in [0.3, 0.4) is 0 Å². The summed E-state index contributed by atoms with van der Waals surface area (Å²) in [6.07, 6.45) is 0. The van der Waals surface area contributed by atoms with Gasteiger partial charge in [-0.15, -0.1) is 11.3 Å². The number of hydrogen-bond acceptors (Lipinski definition) is 3. The molecule has 0 atom stereocenters. The number of nitrogens with zero attached hydrogens (tertiary/aromatic N) is 2. The van der Waals surface area contributed by atoms with Crippen molar-refractivity contribution in [3.8, 4) is 44.5 Å². The lowest BCUT2D eigenvalue weighted by Crippen LogP contribution is -2.21. The molecule has 10 aromatic rings. The van der Waals surface area contributed by atoms with Crippen molar-refractivity contribution >= 4 is 59.9 Å². The molecular formula is C55H38N2S. The Morgan fingerprint density at radius 3 is 1.50 bits per heavy atom. The minimum Gasteiger partial charge on any atom is -0.336 e. The van der Waals surface area contributed by atoms with Crippen LogP contribution >= 0.6 is 11.3 Å². The lowest BCUT2D eigenvalue weighted by atomic mass is 9.90. The zero-order chi connectivity index (χ0) is 38.4. The molecule has 0 saturated carbocycles. The lowest BCUT2D eigenvalue weighted by molar-refractivity contribution is 0.963. The molecule has 0 radical (unpaired) electrons. The predicted octanol–water partition coefficient (Wildman–Crippen LogP) is 15.8. The van der Waals surface area contributed by atoms with E-state index in [4.69, 9.17) is 0 Å². The van der Waals surface area contributed by atoms with Crippen molar-refractivity contribution in [2.45, 2.75) is 6.54 Å². The second kappa shape index (κ2) is 14.4. The first kappa shape index (κ1) is 34.1. The van der Waals surface area contributed by atoms with Gasteiger partial charge in [0, 0.05) is 60.7 Å². The van der Waals surface area contributed by atoms with Gasteiger partial charge >= 0.3 is 0 Å². The fourth-order valence-corrected chi connectivity index (χ4v) is 9.65. The number of benzene rings is 9. The Hall–Kier alpha value is -7.20. The third-order valence-corrected chi connectivity index (χ3v) is 12.7. The van der Waals surface area contributed by atoms with Crippen molar-refractivity contribution in [1.29, 1.82) is 0 Å². The van der Waals surface area contributed by atoms with Gasteiger partial charge in [0.15, 0.2) is 0 Å². The standard InChI is InChI=1S/C55H38N2S/c1-3-11-38(12-4-1)40-21-27-45(28-22-40)57(46-29-23-41(24-30-46)39-13-5-2-6-14-39)47-31-25-42(26-32-47)43-19-20-44-37-56(53-17-9-7-15-49(53)51(44)35-43)48-33-34-55-52(36-48)50-16-8-10-18-54(50)58-55/h1-36H,37H2. The van der Waals surface area contributed by atoms with E-state index in [0.717, 1.165) is 23.6 Å². The molecule has 0 bridgehead atoms. The first-order valence-electron chi connectivity index (χ1n) is 19.9. The van der Waals surface area contributed by atoms with Gasteiger partial charge in [-0.25, -0.2) is 0 Å². The van der Waals surface area contributed by atoms with Crippen molar-refractivity contribution in [2.75, 3.05) is 9.80 Å². The number of rotatable bonds is 7. The van der Waals surface area contributed by atoms with Crippen LogP contribution in [0.5, 0.6) is 0 Å². The van der Waals surface area contributed by atoms with Gasteiger partial charge in [0.25, 0.3) is 0 Å². The van der Waals surface area contributed by atoms with Crippen LogP contribution in [0.2, 0.25) is 0 Å².